The first-order valence-electron chi connectivity index (χ1n) is 10.8. The molecule has 0 aliphatic carbocycles. The molecule has 3 aromatic rings. The molecule has 5 nitrogen and oxygen atoms in total. The van der Waals surface area contributed by atoms with E-state index in [1.165, 1.54) is 18.2 Å². The van der Waals surface area contributed by atoms with E-state index in [1.54, 1.807) is 47.9 Å². The molecule has 1 atom stereocenters. The average molecular weight is 440 g/mol. The molecule has 32 heavy (non-hydrogen) atoms. The molecule has 0 amide bonds. The molecule has 2 heterocycles. The summed E-state index contributed by atoms with van der Waals surface area (Å²) in [6.45, 7) is 6.25. The molecule has 1 fully saturated rings. The van der Waals surface area contributed by atoms with Crippen LogP contribution in [-0.4, -0.2) is 40.8 Å². The maximum absolute atomic E-state index is 14.3. The molecule has 1 saturated heterocycles. The Labute approximate surface area is 186 Å². The highest BCUT2D eigenvalue weighted by molar-refractivity contribution is 5.48. The van der Waals surface area contributed by atoms with Gasteiger partial charge in [-0.1, -0.05) is 24.3 Å². The van der Waals surface area contributed by atoms with Gasteiger partial charge in [0, 0.05) is 38.4 Å². The first kappa shape index (κ1) is 22.0. The van der Waals surface area contributed by atoms with Crippen LogP contribution in [0.2, 0.25) is 0 Å². The molecule has 168 valence electrons. The number of pyridine rings is 1. The van der Waals surface area contributed by atoms with Crippen molar-refractivity contribution in [3.05, 3.63) is 93.4 Å². The van der Waals surface area contributed by atoms with Crippen molar-refractivity contribution < 1.29 is 13.9 Å². The third kappa shape index (κ3) is 4.12. The summed E-state index contributed by atoms with van der Waals surface area (Å²) in [5, 5.41) is 10.8. The molecule has 1 aromatic heterocycles. The Bertz CT molecular complexity index is 1170. The van der Waals surface area contributed by atoms with Gasteiger partial charge in [0.05, 0.1) is 17.3 Å². The fourth-order valence-corrected chi connectivity index (χ4v) is 4.58. The quantitative estimate of drug-likeness (QED) is 0.651. The molecule has 1 N–H and O–H groups in total. The Balaban J connectivity index is 1.73. The number of nitrogens with zero attached hydrogens (tertiary/aromatic N) is 3. The first-order valence-corrected chi connectivity index (χ1v) is 10.8. The fourth-order valence-electron chi connectivity index (χ4n) is 4.58. The number of rotatable bonds is 5. The zero-order valence-electron chi connectivity index (χ0n) is 18.3. The van der Waals surface area contributed by atoms with Crippen molar-refractivity contribution in [1.82, 2.24) is 9.47 Å². The van der Waals surface area contributed by atoms with Gasteiger partial charge in [-0.05, 0) is 49.7 Å². The highest BCUT2D eigenvalue weighted by Gasteiger charge is 2.32. The van der Waals surface area contributed by atoms with E-state index in [1.807, 2.05) is 11.8 Å². The number of aryl methyl sites for hydroxylation is 1. The van der Waals surface area contributed by atoms with Crippen molar-refractivity contribution in [2.24, 2.45) is 0 Å². The zero-order valence-corrected chi connectivity index (χ0v) is 18.3. The van der Waals surface area contributed by atoms with Crippen molar-refractivity contribution in [2.45, 2.75) is 26.4 Å². The van der Waals surface area contributed by atoms with Gasteiger partial charge in [0.25, 0.3) is 5.56 Å². The number of aromatic hydroxyl groups is 1. The lowest BCUT2D eigenvalue weighted by Gasteiger charge is -2.40. The molecule has 7 heteroatoms. The van der Waals surface area contributed by atoms with Crippen molar-refractivity contribution in [3.8, 4) is 5.75 Å². The molecule has 0 bridgehead atoms. The minimum atomic E-state index is -0.612. The predicted octanol–water partition coefficient (Wildman–Crippen LogP) is 4.07. The summed E-state index contributed by atoms with van der Waals surface area (Å²) in [5.74, 6) is -0.771. The Kier molecular flexibility index (Phi) is 6.28. The molecular formula is C25H27F2N3O2. The van der Waals surface area contributed by atoms with Gasteiger partial charge in [0.1, 0.15) is 17.4 Å². The second-order valence-electron chi connectivity index (χ2n) is 8.07. The highest BCUT2D eigenvalue weighted by atomic mass is 19.1. The maximum atomic E-state index is 14.3. The van der Waals surface area contributed by atoms with Crippen LogP contribution in [0, 0.1) is 18.6 Å². The number of hydrogen-bond acceptors (Lipinski definition) is 4. The van der Waals surface area contributed by atoms with Crippen LogP contribution in [-0.2, 0) is 6.54 Å². The lowest BCUT2D eigenvalue weighted by atomic mass is 9.95. The van der Waals surface area contributed by atoms with E-state index < -0.39 is 11.9 Å². The summed E-state index contributed by atoms with van der Waals surface area (Å²) in [5.41, 5.74) is 1.77. The number of hydrogen-bond donors (Lipinski definition) is 1. The SMILES string of the molecule is CCn1c(C)cc(O)c([C@@H](c2cccc(F)c2)N2CCN(c3ccccc3F)CC2)c1=O. The smallest absolute Gasteiger partial charge is 0.259 e. The van der Waals surface area contributed by atoms with Gasteiger partial charge in [0.15, 0.2) is 0 Å². The van der Waals surface area contributed by atoms with E-state index >= 15 is 0 Å². The van der Waals surface area contributed by atoms with Crippen LogP contribution in [0.4, 0.5) is 14.5 Å². The van der Waals surface area contributed by atoms with Crippen LogP contribution in [0.15, 0.2) is 59.4 Å². The first-order chi connectivity index (χ1) is 15.4. The molecule has 4 rings (SSSR count). The van der Waals surface area contributed by atoms with E-state index in [2.05, 4.69) is 4.90 Å². The average Bonchev–Trinajstić information content (AvgIpc) is 2.77. The summed E-state index contributed by atoms with van der Waals surface area (Å²) >= 11 is 0. The van der Waals surface area contributed by atoms with Gasteiger partial charge in [0.2, 0.25) is 0 Å². The van der Waals surface area contributed by atoms with E-state index in [0.717, 1.165) is 0 Å². The number of halogens is 2. The third-order valence-corrected chi connectivity index (χ3v) is 6.15. The van der Waals surface area contributed by atoms with Crippen LogP contribution in [0.1, 0.15) is 29.8 Å². The zero-order chi connectivity index (χ0) is 22.8. The minimum absolute atomic E-state index is 0.0944. The molecule has 0 unspecified atom stereocenters. The van der Waals surface area contributed by atoms with Gasteiger partial charge >= 0.3 is 0 Å². The molecule has 0 radical (unpaired) electrons. The normalized spacial score (nSPS) is 15.7. The van der Waals surface area contributed by atoms with Crippen molar-refractivity contribution in [3.63, 3.8) is 0 Å². The van der Waals surface area contributed by atoms with Crippen LogP contribution in [0.25, 0.3) is 0 Å². The number of benzene rings is 2. The topological polar surface area (TPSA) is 48.7 Å². The highest BCUT2D eigenvalue weighted by Crippen LogP contribution is 2.34. The van der Waals surface area contributed by atoms with Crippen molar-refractivity contribution in [2.75, 3.05) is 31.1 Å². The lowest BCUT2D eigenvalue weighted by molar-refractivity contribution is 0.206. The monoisotopic (exact) mass is 439 g/mol. The number of anilines is 1. The summed E-state index contributed by atoms with van der Waals surface area (Å²) in [6, 6.07) is 13.8. The standard InChI is InChI=1S/C25H27F2N3O2/c1-3-30-17(2)15-22(31)23(25(30)32)24(18-7-6-8-19(26)16-18)29-13-11-28(12-14-29)21-10-5-4-9-20(21)27/h4-10,15-16,24,31H,3,11-14H2,1-2H3/t24-/m1/s1. The molecule has 1 aliphatic heterocycles. The van der Waals surface area contributed by atoms with E-state index in [4.69, 9.17) is 0 Å². The van der Waals surface area contributed by atoms with Crippen molar-refractivity contribution >= 4 is 5.69 Å². The fraction of sp³-hybridized carbons (Fsp3) is 0.320. The largest absolute Gasteiger partial charge is 0.507 e. The molecule has 0 spiro atoms. The Morgan fingerprint density at radius 1 is 1.00 bits per heavy atom. The number of piperazine rings is 1. The Hall–Kier alpha value is -3.19. The van der Waals surface area contributed by atoms with Crippen LogP contribution in [0.3, 0.4) is 0 Å². The van der Waals surface area contributed by atoms with Gasteiger partial charge in [-0.15, -0.1) is 0 Å². The number of para-hydroxylation sites is 1. The van der Waals surface area contributed by atoms with Gasteiger partial charge in [-0.25, -0.2) is 8.78 Å². The molecular weight excluding hydrogens is 412 g/mol. The maximum Gasteiger partial charge on any atom is 0.259 e. The lowest BCUT2D eigenvalue weighted by Crippen LogP contribution is -2.49. The van der Waals surface area contributed by atoms with Crippen LogP contribution >= 0.6 is 0 Å². The second kappa shape index (κ2) is 9.12. The Morgan fingerprint density at radius 3 is 2.38 bits per heavy atom. The number of aromatic nitrogens is 1. The summed E-state index contributed by atoms with van der Waals surface area (Å²) in [6.07, 6.45) is 0. The van der Waals surface area contributed by atoms with Crippen LogP contribution < -0.4 is 10.5 Å². The molecule has 2 aromatic carbocycles. The molecule has 1 aliphatic rings. The van der Waals surface area contributed by atoms with Gasteiger partial charge in [-0.3, -0.25) is 9.69 Å². The van der Waals surface area contributed by atoms with E-state index in [9.17, 15) is 18.7 Å². The van der Waals surface area contributed by atoms with Gasteiger partial charge < -0.3 is 14.6 Å². The minimum Gasteiger partial charge on any atom is -0.507 e. The van der Waals surface area contributed by atoms with Crippen molar-refractivity contribution in [1.29, 1.82) is 0 Å². The Morgan fingerprint density at radius 2 is 1.72 bits per heavy atom. The van der Waals surface area contributed by atoms with E-state index in [-0.39, 0.29) is 22.7 Å². The van der Waals surface area contributed by atoms with Crippen LogP contribution in [0.5, 0.6) is 5.75 Å². The van der Waals surface area contributed by atoms with Gasteiger partial charge in [-0.2, -0.15) is 0 Å². The second-order valence-corrected chi connectivity index (χ2v) is 8.07. The molecule has 0 saturated carbocycles. The third-order valence-electron chi connectivity index (χ3n) is 6.15. The van der Waals surface area contributed by atoms with E-state index in [0.29, 0.717) is 49.7 Å². The summed E-state index contributed by atoms with van der Waals surface area (Å²) in [7, 11) is 0. The summed E-state index contributed by atoms with van der Waals surface area (Å²) < 4.78 is 30.0. The predicted molar refractivity (Wildman–Crippen MR) is 121 cm³/mol. The summed E-state index contributed by atoms with van der Waals surface area (Å²) in [4.78, 5) is 17.4.